The SMILES string of the molecule is COc1ccc(F)cc1-c1ccc(C(=O)O)cc1. The van der Waals surface area contributed by atoms with Crippen LogP contribution in [-0.2, 0) is 0 Å². The molecule has 2 aromatic carbocycles. The lowest BCUT2D eigenvalue weighted by Crippen LogP contribution is -1.95. The van der Waals surface area contributed by atoms with Crippen molar-refractivity contribution in [2.45, 2.75) is 0 Å². The molecular weight excluding hydrogens is 235 g/mol. The van der Waals surface area contributed by atoms with E-state index in [1.54, 1.807) is 12.1 Å². The van der Waals surface area contributed by atoms with E-state index < -0.39 is 5.97 Å². The highest BCUT2D eigenvalue weighted by atomic mass is 19.1. The summed E-state index contributed by atoms with van der Waals surface area (Å²) < 4.78 is 18.4. The maximum Gasteiger partial charge on any atom is 0.335 e. The van der Waals surface area contributed by atoms with Crippen molar-refractivity contribution in [3.63, 3.8) is 0 Å². The van der Waals surface area contributed by atoms with Crippen LogP contribution in [0.15, 0.2) is 42.5 Å². The zero-order valence-electron chi connectivity index (χ0n) is 9.68. The van der Waals surface area contributed by atoms with Gasteiger partial charge in [-0.25, -0.2) is 9.18 Å². The molecule has 0 heterocycles. The lowest BCUT2D eigenvalue weighted by molar-refractivity contribution is 0.0697. The lowest BCUT2D eigenvalue weighted by Gasteiger charge is -2.08. The molecule has 18 heavy (non-hydrogen) atoms. The van der Waals surface area contributed by atoms with Gasteiger partial charge in [-0.05, 0) is 35.9 Å². The number of rotatable bonds is 3. The average Bonchev–Trinajstić information content (AvgIpc) is 2.39. The molecule has 0 amide bonds. The number of carbonyl (C=O) groups is 1. The Hall–Kier alpha value is -2.36. The lowest BCUT2D eigenvalue weighted by atomic mass is 10.0. The standard InChI is InChI=1S/C14H11FO3/c1-18-13-7-6-11(15)8-12(13)9-2-4-10(5-3-9)14(16)17/h2-8H,1H3,(H,16,17). The van der Waals surface area contributed by atoms with E-state index in [1.165, 1.54) is 37.4 Å². The van der Waals surface area contributed by atoms with E-state index in [4.69, 9.17) is 9.84 Å². The molecule has 0 aromatic heterocycles. The van der Waals surface area contributed by atoms with Crippen molar-refractivity contribution >= 4 is 5.97 Å². The van der Waals surface area contributed by atoms with Crippen LogP contribution in [-0.4, -0.2) is 18.2 Å². The Kier molecular flexibility index (Phi) is 3.28. The van der Waals surface area contributed by atoms with Gasteiger partial charge in [-0.15, -0.1) is 0 Å². The summed E-state index contributed by atoms with van der Waals surface area (Å²) >= 11 is 0. The van der Waals surface area contributed by atoms with Gasteiger partial charge in [0.15, 0.2) is 0 Å². The maximum atomic E-state index is 13.2. The molecule has 0 aliphatic rings. The van der Waals surface area contributed by atoms with E-state index in [2.05, 4.69) is 0 Å². The van der Waals surface area contributed by atoms with Crippen molar-refractivity contribution in [2.24, 2.45) is 0 Å². The molecule has 0 aliphatic carbocycles. The van der Waals surface area contributed by atoms with Gasteiger partial charge in [0.25, 0.3) is 0 Å². The van der Waals surface area contributed by atoms with Gasteiger partial charge < -0.3 is 9.84 Å². The highest BCUT2D eigenvalue weighted by Crippen LogP contribution is 2.30. The number of carboxylic acid groups (broad SMARTS) is 1. The fraction of sp³-hybridized carbons (Fsp3) is 0.0714. The molecule has 4 heteroatoms. The van der Waals surface area contributed by atoms with Gasteiger partial charge in [0, 0.05) is 5.56 Å². The molecular formula is C14H11FO3. The molecule has 0 fully saturated rings. The first kappa shape index (κ1) is 12.1. The number of carboxylic acids is 1. The molecule has 0 aliphatic heterocycles. The van der Waals surface area contributed by atoms with Crippen LogP contribution in [0, 0.1) is 5.82 Å². The molecule has 1 N–H and O–H groups in total. The zero-order valence-corrected chi connectivity index (χ0v) is 9.68. The van der Waals surface area contributed by atoms with Gasteiger partial charge in [-0.1, -0.05) is 12.1 Å². The molecule has 0 bridgehead atoms. The summed E-state index contributed by atoms with van der Waals surface area (Å²) in [4.78, 5) is 10.7. The number of hydrogen-bond acceptors (Lipinski definition) is 2. The minimum Gasteiger partial charge on any atom is -0.496 e. The summed E-state index contributed by atoms with van der Waals surface area (Å²) in [5.41, 5.74) is 1.49. The minimum atomic E-state index is -0.993. The first-order valence-electron chi connectivity index (χ1n) is 5.29. The van der Waals surface area contributed by atoms with Gasteiger partial charge in [-0.2, -0.15) is 0 Å². The highest BCUT2D eigenvalue weighted by molar-refractivity contribution is 5.88. The largest absolute Gasteiger partial charge is 0.496 e. The molecule has 2 aromatic rings. The van der Waals surface area contributed by atoms with Gasteiger partial charge in [0.2, 0.25) is 0 Å². The van der Waals surface area contributed by atoms with E-state index in [1.807, 2.05) is 0 Å². The van der Waals surface area contributed by atoms with Gasteiger partial charge in [-0.3, -0.25) is 0 Å². The van der Waals surface area contributed by atoms with E-state index >= 15 is 0 Å². The number of hydrogen-bond donors (Lipinski definition) is 1. The summed E-state index contributed by atoms with van der Waals surface area (Å²) in [7, 11) is 1.50. The van der Waals surface area contributed by atoms with E-state index in [0.717, 1.165) is 0 Å². The van der Waals surface area contributed by atoms with E-state index in [0.29, 0.717) is 16.9 Å². The third kappa shape index (κ3) is 2.32. The summed E-state index contributed by atoms with van der Waals surface area (Å²) in [6.07, 6.45) is 0. The molecule has 0 unspecified atom stereocenters. The quantitative estimate of drug-likeness (QED) is 0.904. The Bertz CT molecular complexity index is 576. The highest BCUT2D eigenvalue weighted by Gasteiger charge is 2.08. The molecule has 0 saturated carbocycles. The second-order valence-electron chi connectivity index (χ2n) is 3.73. The number of benzene rings is 2. The Morgan fingerprint density at radius 3 is 2.39 bits per heavy atom. The second kappa shape index (κ2) is 4.87. The Morgan fingerprint density at radius 1 is 1.17 bits per heavy atom. The van der Waals surface area contributed by atoms with Crippen LogP contribution < -0.4 is 4.74 Å². The summed E-state index contributed by atoms with van der Waals surface area (Å²) in [5.74, 6) is -0.819. The zero-order chi connectivity index (χ0) is 13.1. The fourth-order valence-electron chi connectivity index (χ4n) is 1.70. The van der Waals surface area contributed by atoms with Crippen molar-refractivity contribution < 1.29 is 19.0 Å². The number of halogens is 1. The van der Waals surface area contributed by atoms with E-state index in [-0.39, 0.29) is 11.4 Å². The molecule has 3 nitrogen and oxygen atoms in total. The number of aromatic carboxylic acids is 1. The van der Waals surface area contributed by atoms with Crippen LogP contribution in [0.5, 0.6) is 5.75 Å². The van der Waals surface area contributed by atoms with Crippen molar-refractivity contribution in [1.82, 2.24) is 0 Å². The van der Waals surface area contributed by atoms with Gasteiger partial charge in [0.1, 0.15) is 11.6 Å². The molecule has 92 valence electrons. The van der Waals surface area contributed by atoms with Crippen molar-refractivity contribution in [2.75, 3.05) is 7.11 Å². The Morgan fingerprint density at radius 2 is 1.83 bits per heavy atom. The fourth-order valence-corrected chi connectivity index (χ4v) is 1.70. The van der Waals surface area contributed by atoms with Crippen LogP contribution in [0.3, 0.4) is 0 Å². The smallest absolute Gasteiger partial charge is 0.335 e. The van der Waals surface area contributed by atoms with Crippen LogP contribution in [0.25, 0.3) is 11.1 Å². The predicted octanol–water partition coefficient (Wildman–Crippen LogP) is 3.20. The Balaban J connectivity index is 2.48. The van der Waals surface area contributed by atoms with Crippen molar-refractivity contribution in [1.29, 1.82) is 0 Å². The van der Waals surface area contributed by atoms with Crippen LogP contribution in [0.1, 0.15) is 10.4 Å². The van der Waals surface area contributed by atoms with Gasteiger partial charge >= 0.3 is 5.97 Å². The molecule has 0 atom stereocenters. The molecule has 2 rings (SSSR count). The molecule has 0 spiro atoms. The third-order valence-electron chi connectivity index (χ3n) is 2.60. The monoisotopic (exact) mass is 246 g/mol. The van der Waals surface area contributed by atoms with Crippen molar-refractivity contribution in [3.05, 3.63) is 53.8 Å². The normalized spacial score (nSPS) is 10.1. The topological polar surface area (TPSA) is 46.5 Å². The maximum absolute atomic E-state index is 13.2. The third-order valence-corrected chi connectivity index (χ3v) is 2.60. The second-order valence-corrected chi connectivity index (χ2v) is 3.73. The van der Waals surface area contributed by atoms with Crippen LogP contribution in [0.2, 0.25) is 0 Å². The summed E-state index contributed by atoms with van der Waals surface area (Å²) in [5, 5.41) is 8.81. The van der Waals surface area contributed by atoms with Crippen molar-refractivity contribution in [3.8, 4) is 16.9 Å². The first-order chi connectivity index (χ1) is 8.61. The van der Waals surface area contributed by atoms with E-state index in [9.17, 15) is 9.18 Å². The number of methoxy groups -OCH3 is 1. The molecule has 0 radical (unpaired) electrons. The summed E-state index contributed by atoms with van der Waals surface area (Å²) in [6.45, 7) is 0. The Labute approximate surface area is 103 Å². The first-order valence-corrected chi connectivity index (χ1v) is 5.29. The van der Waals surface area contributed by atoms with Gasteiger partial charge in [0.05, 0.1) is 12.7 Å². The average molecular weight is 246 g/mol. The predicted molar refractivity (Wildman–Crippen MR) is 65.3 cm³/mol. The van der Waals surface area contributed by atoms with Crippen LogP contribution in [0.4, 0.5) is 4.39 Å². The number of ether oxygens (including phenoxy) is 1. The summed E-state index contributed by atoms with van der Waals surface area (Å²) in [6, 6.07) is 10.4. The van der Waals surface area contributed by atoms with Crippen LogP contribution >= 0.6 is 0 Å². The minimum absolute atomic E-state index is 0.189. The molecule has 0 saturated heterocycles.